The molecule has 1 aliphatic rings. The van der Waals surface area contributed by atoms with E-state index in [2.05, 4.69) is 23.7 Å². The lowest BCUT2D eigenvalue weighted by Crippen LogP contribution is -2.49. The number of nitrogens with zero attached hydrogens (tertiary/aromatic N) is 1. The molecule has 1 atom stereocenters. The number of likely N-dealkylation sites (tertiary alicyclic amines) is 1. The molecule has 0 saturated carbocycles. The lowest BCUT2D eigenvalue weighted by Gasteiger charge is -2.34. The first kappa shape index (κ1) is 12.2. The monoisotopic (exact) mass is 210 g/mol. The number of rotatable bonds is 5. The number of piperidine rings is 1. The molecular weight excluding hydrogens is 188 g/mol. The van der Waals surface area contributed by atoms with Crippen molar-refractivity contribution in [3.05, 3.63) is 12.7 Å². The van der Waals surface area contributed by atoms with Crippen molar-refractivity contribution in [1.82, 2.24) is 10.2 Å². The van der Waals surface area contributed by atoms with Crippen LogP contribution >= 0.6 is 0 Å². The lowest BCUT2D eigenvalue weighted by molar-refractivity contribution is -0.127. The zero-order valence-corrected chi connectivity index (χ0v) is 9.67. The summed E-state index contributed by atoms with van der Waals surface area (Å²) in [6.45, 7) is 8.45. The van der Waals surface area contributed by atoms with Gasteiger partial charge in [0.1, 0.15) is 0 Å². The molecule has 1 N–H and O–H groups in total. The third-order valence-corrected chi connectivity index (χ3v) is 2.85. The molecule has 0 radical (unpaired) electrons. The molecule has 0 aromatic rings. The molecule has 1 amide bonds. The van der Waals surface area contributed by atoms with Crippen molar-refractivity contribution >= 4 is 5.91 Å². The molecule has 3 heteroatoms. The Kier molecular flexibility index (Phi) is 5.40. The highest BCUT2D eigenvalue weighted by atomic mass is 16.2. The second-order valence-corrected chi connectivity index (χ2v) is 4.08. The van der Waals surface area contributed by atoms with E-state index >= 15 is 0 Å². The van der Waals surface area contributed by atoms with E-state index in [4.69, 9.17) is 0 Å². The molecule has 0 unspecified atom stereocenters. The minimum absolute atomic E-state index is 0.0960. The standard InChI is InChI=1S/C12H22N2O/c1-3-8-13-12(15)11-7-5-6-10-14(11)9-4-2/h3,11H,1,4-10H2,2H3,(H,13,15)/t11-/m1/s1. The average Bonchev–Trinajstić information content (AvgIpc) is 2.27. The predicted octanol–water partition coefficient (Wildman–Crippen LogP) is 1.55. The van der Waals surface area contributed by atoms with Gasteiger partial charge < -0.3 is 5.32 Å². The number of hydrogen-bond acceptors (Lipinski definition) is 2. The topological polar surface area (TPSA) is 32.3 Å². The Morgan fingerprint density at radius 1 is 1.60 bits per heavy atom. The zero-order chi connectivity index (χ0) is 11.1. The van der Waals surface area contributed by atoms with E-state index in [0.29, 0.717) is 6.54 Å². The van der Waals surface area contributed by atoms with E-state index in [0.717, 1.165) is 25.9 Å². The number of hydrogen-bond donors (Lipinski definition) is 1. The van der Waals surface area contributed by atoms with Gasteiger partial charge in [-0.1, -0.05) is 19.4 Å². The zero-order valence-electron chi connectivity index (χ0n) is 9.67. The molecule has 1 saturated heterocycles. The number of amides is 1. The molecule has 1 rings (SSSR count). The summed E-state index contributed by atoms with van der Waals surface area (Å²) in [7, 11) is 0. The van der Waals surface area contributed by atoms with Crippen molar-refractivity contribution in [1.29, 1.82) is 0 Å². The van der Waals surface area contributed by atoms with Gasteiger partial charge in [-0.2, -0.15) is 0 Å². The average molecular weight is 210 g/mol. The molecule has 0 aliphatic carbocycles. The molecular formula is C12H22N2O. The Morgan fingerprint density at radius 3 is 3.07 bits per heavy atom. The second-order valence-electron chi connectivity index (χ2n) is 4.08. The third-order valence-electron chi connectivity index (χ3n) is 2.85. The summed E-state index contributed by atoms with van der Waals surface area (Å²) in [5.74, 6) is 0.169. The van der Waals surface area contributed by atoms with E-state index in [1.54, 1.807) is 6.08 Å². The fourth-order valence-electron chi connectivity index (χ4n) is 2.13. The van der Waals surface area contributed by atoms with Crippen LogP contribution in [0.3, 0.4) is 0 Å². The molecule has 0 aromatic carbocycles. The van der Waals surface area contributed by atoms with E-state index in [9.17, 15) is 4.79 Å². The van der Waals surface area contributed by atoms with E-state index < -0.39 is 0 Å². The van der Waals surface area contributed by atoms with Crippen LogP contribution in [0.1, 0.15) is 32.6 Å². The minimum atomic E-state index is 0.0960. The summed E-state index contributed by atoms with van der Waals surface area (Å²) in [5.41, 5.74) is 0. The summed E-state index contributed by atoms with van der Waals surface area (Å²) >= 11 is 0. The molecule has 3 nitrogen and oxygen atoms in total. The SMILES string of the molecule is C=CCNC(=O)[C@H]1CCCCN1CCC. The molecule has 1 fully saturated rings. The van der Waals surface area contributed by atoms with Gasteiger partial charge in [0.25, 0.3) is 0 Å². The molecule has 1 aliphatic heterocycles. The highest BCUT2D eigenvalue weighted by Crippen LogP contribution is 2.17. The Hall–Kier alpha value is -0.830. The summed E-state index contributed by atoms with van der Waals surface area (Å²) < 4.78 is 0. The first-order valence-corrected chi connectivity index (χ1v) is 5.92. The maximum absolute atomic E-state index is 11.8. The molecule has 0 bridgehead atoms. The van der Waals surface area contributed by atoms with Crippen molar-refractivity contribution in [3.8, 4) is 0 Å². The van der Waals surface area contributed by atoms with Gasteiger partial charge in [0.15, 0.2) is 0 Å². The van der Waals surface area contributed by atoms with Crippen LogP contribution in [0.15, 0.2) is 12.7 Å². The molecule has 0 aromatic heterocycles. The third kappa shape index (κ3) is 3.67. The van der Waals surface area contributed by atoms with Crippen LogP contribution in [-0.4, -0.2) is 36.5 Å². The lowest BCUT2D eigenvalue weighted by atomic mass is 10.0. The van der Waals surface area contributed by atoms with Gasteiger partial charge in [-0.05, 0) is 32.4 Å². The Labute approximate surface area is 92.5 Å². The molecule has 86 valence electrons. The first-order valence-electron chi connectivity index (χ1n) is 5.92. The van der Waals surface area contributed by atoms with Crippen LogP contribution < -0.4 is 5.32 Å². The number of carbonyl (C=O) groups is 1. The Morgan fingerprint density at radius 2 is 2.40 bits per heavy atom. The maximum atomic E-state index is 11.8. The van der Waals surface area contributed by atoms with Gasteiger partial charge in [-0.15, -0.1) is 6.58 Å². The molecule has 1 heterocycles. The van der Waals surface area contributed by atoms with Crippen molar-refractivity contribution in [2.45, 2.75) is 38.6 Å². The largest absolute Gasteiger partial charge is 0.351 e. The Balaban J connectivity index is 2.46. The molecule has 0 spiro atoms. The highest BCUT2D eigenvalue weighted by Gasteiger charge is 2.27. The Bertz CT molecular complexity index is 214. The summed E-state index contributed by atoms with van der Waals surface area (Å²) in [5, 5.41) is 2.89. The van der Waals surface area contributed by atoms with Crippen LogP contribution in [0.4, 0.5) is 0 Å². The van der Waals surface area contributed by atoms with Crippen LogP contribution in [0.25, 0.3) is 0 Å². The van der Waals surface area contributed by atoms with Crippen LogP contribution in [-0.2, 0) is 4.79 Å². The van der Waals surface area contributed by atoms with E-state index in [-0.39, 0.29) is 11.9 Å². The summed E-state index contributed by atoms with van der Waals surface area (Å²) in [6.07, 6.45) is 6.25. The fraction of sp³-hybridized carbons (Fsp3) is 0.750. The maximum Gasteiger partial charge on any atom is 0.237 e. The quantitative estimate of drug-likeness (QED) is 0.698. The predicted molar refractivity (Wildman–Crippen MR) is 62.7 cm³/mol. The van der Waals surface area contributed by atoms with Crippen molar-refractivity contribution in [2.24, 2.45) is 0 Å². The van der Waals surface area contributed by atoms with Gasteiger partial charge in [-0.3, -0.25) is 9.69 Å². The van der Waals surface area contributed by atoms with Crippen molar-refractivity contribution < 1.29 is 4.79 Å². The first-order chi connectivity index (χ1) is 7.29. The van der Waals surface area contributed by atoms with Crippen LogP contribution in [0.2, 0.25) is 0 Å². The van der Waals surface area contributed by atoms with Gasteiger partial charge in [0.2, 0.25) is 5.91 Å². The smallest absolute Gasteiger partial charge is 0.237 e. The van der Waals surface area contributed by atoms with Gasteiger partial charge in [0.05, 0.1) is 6.04 Å². The number of nitrogens with one attached hydrogen (secondary N) is 1. The number of carbonyl (C=O) groups excluding carboxylic acids is 1. The van der Waals surface area contributed by atoms with Crippen LogP contribution in [0.5, 0.6) is 0 Å². The van der Waals surface area contributed by atoms with Gasteiger partial charge in [-0.25, -0.2) is 0 Å². The minimum Gasteiger partial charge on any atom is -0.351 e. The molecule has 15 heavy (non-hydrogen) atoms. The van der Waals surface area contributed by atoms with Crippen molar-refractivity contribution in [3.63, 3.8) is 0 Å². The normalized spacial score (nSPS) is 22.3. The van der Waals surface area contributed by atoms with Gasteiger partial charge in [0, 0.05) is 6.54 Å². The van der Waals surface area contributed by atoms with Crippen molar-refractivity contribution in [2.75, 3.05) is 19.6 Å². The highest BCUT2D eigenvalue weighted by molar-refractivity contribution is 5.81. The van der Waals surface area contributed by atoms with Gasteiger partial charge >= 0.3 is 0 Å². The summed E-state index contributed by atoms with van der Waals surface area (Å²) in [4.78, 5) is 14.1. The summed E-state index contributed by atoms with van der Waals surface area (Å²) in [6, 6.07) is 0.0960. The van der Waals surface area contributed by atoms with E-state index in [1.807, 2.05) is 0 Å². The second kappa shape index (κ2) is 6.62. The van der Waals surface area contributed by atoms with Crippen LogP contribution in [0, 0.1) is 0 Å². The van der Waals surface area contributed by atoms with E-state index in [1.165, 1.54) is 12.8 Å². The fourth-order valence-corrected chi connectivity index (χ4v) is 2.13.